The highest BCUT2D eigenvalue weighted by Gasteiger charge is 2.20. The number of unbranched alkanes of at least 4 members (excludes halogenated alkanes) is 4. The lowest BCUT2D eigenvalue weighted by atomic mass is 10.00. The monoisotopic (exact) mass is 1210 g/mol. The van der Waals surface area contributed by atoms with E-state index in [2.05, 4.69) is 95.4 Å². The fourth-order valence-electron chi connectivity index (χ4n) is 7.83. The van der Waals surface area contributed by atoms with Crippen LogP contribution in [-0.2, 0) is 6.54 Å². The van der Waals surface area contributed by atoms with Gasteiger partial charge in [-0.25, -0.2) is 19.9 Å². The van der Waals surface area contributed by atoms with Crippen molar-refractivity contribution in [1.82, 2.24) is 44.9 Å². The molecule has 12 N–H and O–H groups in total. The number of aromatic nitrogens is 9. The van der Waals surface area contributed by atoms with E-state index in [1.54, 1.807) is 72.6 Å². The third kappa shape index (κ3) is 27.2. The van der Waals surface area contributed by atoms with E-state index in [-0.39, 0.29) is 53.3 Å². The zero-order valence-corrected chi connectivity index (χ0v) is 52.9. The summed E-state index contributed by atoms with van der Waals surface area (Å²) in [7, 11) is 3.25. The van der Waals surface area contributed by atoms with Crippen LogP contribution in [-0.4, -0.2) is 134 Å². The number of nitrogen functional groups attached to an aromatic ring is 1. The zero-order valence-electron chi connectivity index (χ0n) is 51.4. The van der Waals surface area contributed by atoms with Crippen LogP contribution in [0.2, 0.25) is 10.4 Å². The Morgan fingerprint density at radius 2 is 1.04 bits per heavy atom. The quantitative estimate of drug-likeness (QED) is 0.0188. The number of ether oxygens (including phenoxy) is 2. The van der Waals surface area contributed by atoms with Crippen LogP contribution in [0.5, 0.6) is 11.5 Å². The van der Waals surface area contributed by atoms with Crippen molar-refractivity contribution in [1.29, 1.82) is 0 Å². The molecule has 0 amide bonds. The highest BCUT2D eigenvalue weighted by atomic mass is 35.5. The largest absolute Gasteiger partial charge is 0.497 e. The number of halogens is 2. The zero-order chi connectivity index (χ0) is 62.6. The molecule has 0 aliphatic heterocycles. The van der Waals surface area contributed by atoms with E-state index in [9.17, 15) is 10.2 Å². The van der Waals surface area contributed by atoms with Gasteiger partial charge in [0.15, 0.2) is 16.8 Å². The molecule has 23 heteroatoms. The van der Waals surface area contributed by atoms with Gasteiger partial charge in [0.1, 0.15) is 28.0 Å². The van der Waals surface area contributed by atoms with Gasteiger partial charge in [-0.05, 0) is 126 Å². The smallest absolute Gasteiger partial charge is 0.225 e. The van der Waals surface area contributed by atoms with Crippen LogP contribution < -0.4 is 36.9 Å². The molecule has 0 radical (unpaired) electrons. The minimum atomic E-state index is -0.514. The minimum absolute atomic E-state index is 0.0232. The second-order valence-corrected chi connectivity index (χ2v) is 20.9. The lowest BCUT2D eigenvalue weighted by Crippen LogP contribution is -2.32. The minimum Gasteiger partial charge on any atom is -0.497 e. The van der Waals surface area contributed by atoms with E-state index in [1.165, 1.54) is 12.8 Å². The first-order valence-corrected chi connectivity index (χ1v) is 30.0. The molecular formula is C61H96Cl2N14O7. The van der Waals surface area contributed by atoms with Gasteiger partial charge in [-0.1, -0.05) is 97.6 Å². The van der Waals surface area contributed by atoms with Crippen LogP contribution in [0.4, 0.5) is 23.5 Å². The molecule has 6 aromatic heterocycles. The molecule has 0 fully saturated rings. The van der Waals surface area contributed by atoms with Gasteiger partial charge in [0.25, 0.3) is 0 Å². The summed E-state index contributed by atoms with van der Waals surface area (Å²) in [4.78, 5) is 38.1. The molecule has 1 aromatic carbocycles. The molecule has 0 unspecified atom stereocenters. The predicted octanol–water partition coefficient (Wildman–Crippen LogP) is 11.4. The van der Waals surface area contributed by atoms with Gasteiger partial charge in [0, 0.05) is 49.4 Å². The Morgan fingerprint density at radius 3 is 1.51 bits per heavy atom. The summed E-state index contributed by atoms with van der Waals surface area (Å²) >= 11 is 11.4. The number of aliphatic hydroxyl groups excluding tert-OH is 5. The Kier molecular flexibility index (Phi) is 36.8. The SMILES string of the molecule is CCCC[C@@H](C)[C@H](C)O.CCCC[C@@H](N)[C@H](C)O.CCCC[C@@H](Nc1nc(N)nc2cccnc12)[C@H](C)O.CCCC[C@@H](Nc1nc(NCc2ccc(OC)cc2OC)nc2cccnc12)[C@H](C)O.CCO.Clc1nc(Cl)c2ncccc2n1. The molecule has 0 bridgehead atoms. The predicted molar refractivity (Wildman–Crippen MR) is 343 cm³/mol. The molecule has 0 spiro atoms. The van der Waals surface area contributed by atoms with Crippen molar-refractivity contribution in [2.45, 2.75) is 195 Å². The summed E-state index contributed by atoms with van der Waals surface area (Å²) in [6.45, 7) is 20.2. The Labute approximate surface area is 507 Å². The van der Waals surface area contributed by atoms with Crippen molar-refractivity contribution >= 4 is 79.8 Å². The number of aliphatic hydroxyl groups is 5. The maximum absolute atomic E-state index is 10.2. The molecule has 466 valence electrons. The lowest BCUT2D eigenvalue weighted by Gasteiger charge is -2.22. The number of rotatable bonds is 25. The first-order chi connectivity index (χ1) is 40.2. The van der Waals surface area contributed by atoms with Crippen LogP contribution in [0.3, 0.4) is 0 Å². The Hall–Kier alpha value is -6.17. The van der Waals surface area contributed by atoms with E-state index in [4.69, 9.17) is 59.5 Å². The molecular weight excluding hydrogens is 1110 g/mol. The summed E-state index contributed by atoms with van der Waals surface area (Å²) < 4.78 is 10.7. The van der Waals surface area contributed by atoms with Crippen LogP contribution in [0, 0.1) is 5.92 Å². The molecule has 0 aliphatic rings. The maximum Gasteiger partial charge on any atom is 0.225 e. The number of benzene rings is 1. The van der Waals surface area contributed by atoms with Crippen LogP contribution in [0.25, 0.3) is 33.1 Å². The number of pyridine rings is 3. The van der Waals surface area contributed by atoms with E-state index in [0.29, 0.717) is 57.6 Å². The van der Waals surface area contributed by atoms with Crippen molar-refractivity contribution in [2.75, 3.05) is 42.5 Å². The number of nitrogens with two attached hydrogens (primary N) is 2. The van der Waals surface area contributed by atoms with Crippen LogP contribution >= 0.6 is 23.2 Å². The molecule has 0 aliphatic carbocycles. The number of hydrogen-bond acceptors (Lipinski definition) is 21. The highest BCUT2D eigenvalue weighted by molar-refractivity contribution is 6.35. The Bertz CT molecular complexity index is 2880. The normalized spacial score (nSPS) is 13.6. The molecule has 8 atom stereocenters. The van der Waals surface area contributed by atoms with E-state index < -0.39 is 12.2 Å². The summed E-state index contributed by atoms with van der Waals surface area (Å²) in [5.74, 6) is 3.79. The molecule has 7 rings (SSSR count). The summed E-state index contributed by atoms with van der Waals surface area (Å²) in [5.41, 5.74) is 16.2. The molecule has 7 aromatic rings. The van der Waals surface area contributed by atoms with Crippen LogP contribution in [0.1, 0.15) is 152 Å². The highest BCUT2D eigenvalue weighted by Crippen LogP contribution is 2.27. The summed E-state index contributed by atoms with van der Waals surface area (Å²) in [6, 6.07) is 16.4. The first-order valence-electron chi connectivity index (χ1n) is 29.2. The number of nitrogens with zero attached hydrogens (tertiary/aromatic N) is 9. The van der Waals surface area contributed by atoms with Gasteiger partial charge < -0.3 is 62.4 Å². The topological polar surface area (TPSA) is 324 Å². The second kappa shape index (κ2) is 41.8. The van der Waals surface area contributed by atoms with Gasteiger partial charge in [0.2, 0.25) is 17.2 Å². The first kappa shape index (κ1) is 73.9. The Morgan fingerprint density at radius 1 is 0.560 bits per heavy atom. The van der Waals surface area contributed by atoms with Gasteiger partial charge in [-0.3, -0.25) is 15.0 Å². The average Bonchev–Trinajstić information content (AvgIpc) is 3.62. The van der Waals surface area contributed by atoms with Gasteiger partial charge in [-0.2, -0.15) is 9.97 Å². The van der Waals surface area contributed by atoms with Crippen molar-refractivity contribution in [3.63, 3.8) is 0 Å². The molecule has 0 saturated heterocycles. The number of nitrogens with one attached hydrogen (secondary N) is 3. The molecule has 84 heavy (non-hydrogen) atoms. The third-order valence-electron chi connectivity index (χ3n) is 13.1. The van der Waals surface area contributed by atoms with Gasteiger partial charge >= 0.3 is 0 Å². The summed E-state index contributed by atoms with van der Waals surface area (Å²) in [5, 5.41) is 56.0. The van der Waals surface area contributed by atoms with Crippen molar-refractivity contribution in [2.24, 2.45) is 11.7 Å². The van der Waals surface area contributed by atoms with Gasteiger partial charge in [-0.15, -0.1) is 0 Å². The Balaban J connectivity index is 0.000000388. The van der Waals surface area contributed by atoms with E-state index in [1.807, 2.05) is 49.4 Å². The number of methoxy groups -OCH3 is 2. The second-order valence-electron chi connectivity index (χ2n) is 20.2. The molecule has 0 saturated carbocycles. The van der Waals surface area contributed by atoms with Crippen molar-refractivity contribution in [3.05, 3.63) is 89.2 Å². The van der Waals surface area contributed by atoms with Crippen molar-refractivity contribution in [3.8, 4) is 11.5 Å². The number of hydrogen-bond donors (Lipinski definition) is 10. The van der Waals surface area contributed by atoms with E-state index in [0.717, 1.165) is 86.8 Å². The fourth-order valence-corrected chi connectivity index (χ4v) is 8.27. The molecule has 6 heterocycles. The molecule has 21 nitrogen and oxygen atoms in total. The third-order valence-corrected chi connectivity index (χ3v) is 13.6. The number of fused-ring (bicyclic) bond motifs is 3. The van der Waals surface area contributed by atoms with E-state index >= 15 is 0 Å². The fraction of sp³-hybridized carbons (Fsp3) is 0.557. The van der Waals surface area contributed by atoms with Crippen LogP contribution in [0.15, 0.2) is 73.2 Å². The number of anilines is 4. The van der Waals surface area contributed by atoms with Crippen molar-refractivity contribution < 1.29 is 35.0 Å². The maximum atomic E-state index is 10.2. The standard InChI is InChI=1S/C23H31N5O3.C14H21N5O.C8H18O.C7H3Cl2N3.C7H17NO.C2H6O/c1-5-6-8-18(15(2)29)26-22-21-19(9-7-12-24-21)27-23(28-22)25-14-16-10-11-17(30-3)13-20(16)31-4;1-3-4-6-10(9(2)20)17-13-12-11(7-5-8-16-12)18-14(15)19-13;1-4-5-6-7(2)8(3)9;8-6-5-4(2-1-3-10-5)11-7(9)12-6;1-3-4-5-7(8)6(2)9;1-2-3/h7,9-13,15,18,29H,5-6,8,14H2,1-4H3,(H2,25,26,27,28);5,7-10,20H,3-4,6H2,1-2H3,(H3,15,17,18,19);7-9H,4-6H2,1-3H3;1-3H;6-7,9H,3-5,8H2,1-2H3;3H,2H2,1H3/t15-,18+;9-,10+;7-,8+;;6-,7+;/m001.0./s1. The summed E-state index contributed by atoms with van der Waals surface area (Å²) in [6.07, 6.45) is 16.3. The van der Waals surface area contributed by atoms with Gasteiger partial charge in [0.05, 0.1) is 67.3 Å². The average molecular weight is 1210 g/mol. The lowest BCUT2D eigenvalue weighted by molar-refractivity contribution is 0.128.